The van der Waals surface area contributed by atoms with E-state index in [0.29, 0.717) is 6.54 Å². The van der Waals surface area contributed by atoms with Gasteiger partial charge >= 0.3 is 0 Å². The number of nitrogens with one attached hydrogen (secondary N) is 3. The van der Waals surface area contributed by atoms with Gasteiger partial charge in [-0.1, -0.05) is 27.7 Å². The van der Waals surface area contributed by atoms with Gasteiger partial charge in [0.05, 0.1) is 6.54 Å². The van der Waals surface area contributed by atoms with Crippen molar-refractivity contribution >= 4 is 24.2 Å². The van der Waals surface area contributed by atoms with E-state index >= 15 is 0 Å². The number of rotatable bonds is 6. The van der Waals surface area contributed by atoms with Crippen LogP contribution in [0.1, 0.15) is 27.7 Å². The van der Waals surface area contributed by atoms with E-state index in [1.54, 1.807) is 0 Å². The minimum atomic E-state index is -0.454. The Morgan fingerprint density at radius 3 is 2.12 bits per heavy atom. The maximum absolute atomic E-state index is 11.4. The highest BCUT2D eigenvalue weighted by Gasteiger charge is 2.21. The molecule has 0 unspecified atom stereocenters. The van der Waals surface area contributed by atoms with E-state index in [-0.39, 0.29) is 30.8 Å². The van der Waals surface area contributed by atoms with E-state index in [2.05, 4.69) is 16.0 Å². The summed E-state index contributed by atoms with van der Waals surface area (Å²) in [5.74, 6) is -0.273. The summed E-state index contributed by atoms with van der Waals surface area (Å²) in [4.78, 5) is 22.7. The zero-order valence-corrected chi connectivity index (χ0v) is 11.9. The number of amides is 2. The summed E-state index contributed by atoms with van der Waals surface area (Å²) in [6.07, 6.45) is 0. The maximum Gasteiger partial charge on any atom is 0.239 e. The first kappa shape index (κ1) is 18.6. The second kappa shape index (κ2) is 9.24. The van der Waals surface area contributed by atoms with Crippen LogP contribution in [-0.4, -0.2) is 38.0 Å². The predicted molar refractivity (Wildman–Crippen MR) is 71.3 cm³/mol. The van der Waals surface area contributed by atoms with Crippen LogP contribution in [0, 0.1) is 5.41 Å². The van der Waals surface area contributed by atoms with Crippen LogP contribution < -0.4 is 16.0 Å². The fraction of sp³-hybridized carbons (Fsp3) is 0.818. The molecular weight excluding hydrogens is 242 g/mol. The lowest BCUT2D eigenvalue weighted by atomic mass is 9.96. The SMILES string of the molecule is CCNCCNC(=O)CNC(=O)C(C)(C)C.Cl. The van der Waals surface area contributed by atoms with Gasteiger partial charge in [0.1, 0.15) is 0 Å². The molecule has 0 atom stereocenters. The minimum Gasteiger partial charge on any atom is -0.353 e. The van der Waals surface area contributed by atoms with Crippen LogP contribution >= 0.6 is 12.4 Å². The zero-order valence-electron chi connectivity index (χ0n) is 11.1. The quantitative estimate of drug-likeness (QED) is 0.605. The third-order valence-corrected chi connectivity index (χ3v) is 1.96. The maximum atomic E-state index is 11.4. The largest absolute Gasteiger partial charge is 0.353 e. The van der Waals surface area contributed by atoms with Gasteiger partial charge in [-0.2, -0.15) is 0 Å². The summed E-state index contributed by atoms with van der Waals surface area (Å²) < 4.78 is 0. The molecule has 0 rings (SSSR count). The number of hydrogen-bond acceptors (Lipinski definition) is 3. The van der Waals surface area contributed by atoms with Gasteiger partial charge in [0.2, 0.25) is 11.8 Å². The molecule has 0 aromatic carbocycles. The Hall–Kier alpha value is -0.810. The number of carbonyl (C=O) groups excluding carboxylic acids is 2. The molecule has 0 radical (unpaired) electrons. The fourth-order valence-electron chi connectivity index (χ4n) is 0.955. The Labute approximate surface area is 110 Å². The number of hydrogen-bond donors (Lipinski definition) is 3. The molecule has 5 nitrogen and oxygen atoms in total. The van der Waals surface area contributed by atoms with Crippen LogP contribution in [0.25, 0.3) is 0 Å². The second-order valence-electron chi connectivity index (χ2n) is 4.64. The van der Waals surface area contributed by atoms with Crippen LogP contribution in [0.4, 0.5) is 0 Å². The molecule has 3 N–H and O–H groups in total. The standard InChI is InChI=1S/C11H23N3O2.ClH/c1-5-12-6-7-13-9(15)8-14-10(16)11(2,3)4;/h12H,5-8H2,1-4H3,(H,13,15)(H,14,16);1H. The highest BCUT2D eigenvalue weighted by Crippen LogP contribution is 2.11. The van der Waals surface area contributed by atoms with Gasteiger partial charge < -0.3 is 16.0 Å². The third kappa shape index (κ3) is 10.1. The van der Waals surface area contributed by atoms with Gasteiger partial charge in [-0.25, -0.2) is 0 Å². The minimum absolute atomic E-state index is 0. The van der Waals surface area contributed by atoms with Crippen molar-refractivity contribution in [3.8, 4) is 0 Å². The number of halogens is 1. The molecule has 0 saturated heterocycles. The van der Waals surface area contributed by atoms with E-state index in [9.17, 15) is 9.59 Å². The summed E-state index contributed by atoms with van der Waals surface area (Å²) in [6.45, 7) is 9.69. The Balaban J connectivity index is 0. The monoisotopic (exact) mass is 265 g/mol. The second-order valence-corrected chi connectivity index (χ2v) is 4.64. The van der Waals surface area contributed by atoms with Crippen LogP contribution in [0.15, 0.2) is 0 Å². The van der Waals surface area contributed by atoms with Crippen molar-refractivity contribution in [2.24, 2.45) is 5.41 Å². The van der Waals surface area contributed by atoms with Gasteiger partial charge in [0.25, 0.3) is 0 Å². The van der Waals surface area contributed by atoms with Crippen molar-refractivity contribution in [2.75, 3.05) is 26.2 Å². The van der Waals surface area contributed by atoms with Crippen molar-refractivity contribution in [3.63, 3.8) is 0 Å². The Bertz CT molecular complexity index is 239. The van der Waals surface area contributed by atoms with E-state index in [1.807, 2.05) is 27.7 Å². The van der Waals surface area contributed by atoms with E-state index < -0.39 is 5.41 Å². The summed E-state index contributed by atoms with van der Waals surface area (Å²) in [5, 5.41) is 8.39. The van der Waals surface area contributed by atoms with Crippen LogP contribution in [0.5, 0.6) is 0 Å². The van der Waals surface area contributed by atoms with Gasteiger partial charge in [0, 0.05) is 18.5 Å². The molecule has 0 saturated carbocycles. The number of carbonyl (C=O) groups is 2. The first-order valence-electron chi connectivity index (χ1n) is 5.63. The fourth-order valence-corrected chi connectivity index (χ4v) is 0.955. The molecule has 0 fully saturated rings. The summed E-state index contributed by atoms with van der Waals surface area (Å²) >= 11 is 0. The first-order valence-corrected chi connectivity index (χ1v) is 5.63. The molecule has 0 aliphatic heterocycles. The van der Waals surface area contributed by atoms with Crippen molar-refractivity contribution in [2.45, 2.75) is 27.7 Å². The Morgan fingerprint density at radius 1 is 1.06 bits per heavy atom. The molecule has 0 aliphatic carbocycles. The van der Waals surface area contributed by atoms with Gasteiger partial charge in [-0.05, 0) is 6.54 Å². The predicted octanol–water partition coefficient (Wildman–Crippen LogP) is 0.296. The lowest BCUT2D eigenvalue weighted by Crippen LogP contribution is -2.43. The average Bonchev–Trinajstić information content (AvgIpc) is 2.19. The molecule has 0 bridgehead atoms. The number of likely N-dealkylation sites (N-methyl/N-ethyl adjacent to an activating group) is 1. The average molecular weight is 266 g/mol. The molecule has 0 aromatic rings. The van der Waals surface area contributed by atoms with Crippen LogP contribution in [0.3, 0.4) is 0 Å². The smallest absolute Gasteiger partial charge is 0.239 e. The summed E-state index contributed by atoms with van der Waals surface area (Å²) in [7, 11) is 0. The van der Waals surface area contributed by atoms with Crippen molar-refractivity contribution in [1.29, 1.82) is 0 Å². The Kier molecular flexibility index (Phi) is 10.1. The molecular formula is C11H24ClN3O2. The van der Waals surface area contributed by atoms with Crippen molar-refractivity contribution in [1.82, 2.24) is 16.0 Å². The molecule has 17 heavy (non-hydrogen) atoms. The van der Waals surface area contributed by atoms with Crippen LogP contribution in [0.2, 0.25) is 0 Å². The summed E-state index contributed by atoms with van der Waals surface area (Å²) in [6, 6.07) is 0. The van der Waals surface area contributed by atoms with Crippen LogP contribution in [-0.2, 0) is 9.59 Å². The highest BCUT2D eigenvalue weighted by atomic mass is 35.5. The molecule has 0 aliphatic rings. The molecule has 0 heterocycles. The molecule has 2 amide bonds. The van der Waals surface area contributed by atoms with E-state index in [1.165, 1.54) is 0 Å². The lowest BCUT2D eigenvalue weighted by Gasteiger charge is -2.17. The van der Waals surface area contributed by atoms with Crippen molar-refractivity contribution in [3.05, 3.63) is 0 Å². The lowest BCUT2D eigenvalue weighted by molar-refractivity contribution is -0.131. The highest BCUT2D eigenvalue weighted by molar-refractivity contribution is 5.87. The summed E-state index contributed by atoms with van der Waals surface area (Å²) in [5.41, 5.74) is -0.454. The first-order chi connectivity index (χ1) is 7.38. The topological polar surface area (TPSA) is 70.2 Å². The van der Waals surface area contributed by atoms with Crippen molar-refractivity contribution < 1.29 is 9.59 Å². The molecule has 0 spiro atoms. The third-order valence-electron chi connectivity index (χ3n) is 1.96. The molecule has 102 valence electrons. The Morgan fingerprint density at radius 2 is 1.65 bits per heavy atom. The van der Waals surface area contributed by atoms with E-state index in [4.69, 9.17) is 0 Å². The van der Waals surface area contributed by atoms with E-state index in [0.717, 1.165) is 13.1 Å². The van der Waals surface area contributed by atoms with Gasteiger partial charge in [-0.15, -0.1) is 12.4 Å². The zero-order chi connectivity index (χ0) is 12.6. The molecule has 6 heteroatoms. The normalized spacial score (nSPS) is 10.4. The van der Waals surface area contributed by atoms with Gasteiger partial charge in [0.15, 0.2) is 0 Å². The molecule has 0 aromatic heterocycles. The van der Waals surface area contributed by atoms with Gasteiger partial charge in [-0.3, -0.25) is 9.59 Å².